The molecule has 0 spiro atoms. The molecule has 30 heavy (non-hydrogen) atoms. The fraction of sp³-hybridized carbons (Fsp3) is 0.182. The SMILES string of the molecule is CCc1cccc(Oc2ccc(NC(=O)N(C)Cc3nnc4ccccn34)cn2)c1. The quantitative estimate of drug-likeness (QED) is 0.524. The van der Waals surface area contributed by atoms with Gasteiger partial charge in [-0.2, -0.15) is 0 Å². The van der Waals surface area contributed by atoms with Crippen molar-refractivity contribution in [2.45, 2.75) is 19.9 Å². The Labute approximate surface area is 174 Å². The number of hydrogen-bond acceptors (Lipinski definition) is 5. The summed E-state index contributed by atoms with van der Waals surface area (Å²) in [6.07, 6.45) is 4.38. The molecule has 2 amide bonds. The topological polar surface area (TPSA) is 84.6 Å². The largest absolute Gasteiger partial charge is 0.439 e. The minimum absolute atomic E-state index is 0.270. The molecule has 1 aromatic carbocycles. The number of nitrogens with one attached hydrogen (secondary N) is 1. The van der Waals surface area contributed by atoms with Crippen LogP contribution in [0.3, 0.4) is 0 Å². The van der Waals surface area contributed by atoms with E-state index in [0.29, 0.717) is 23.9 Å². The summed E-state index contributed by atoms with van der Waals surface area (Å²) < 4.78 is 7.64. The summed E-state index contributed by atoms with van der Waals surface area (Å²) in [7, 11) is 1.70. The average Bonchev–Trinajstić information content (AvgIpc) is 3.18. The molecule has 8 nitrogen and oxygen atoms in total. The van der Waals surface area contributed by atoms with Crippen LogP contribution in [0.2, 0.25) is 0 Å². The van der Waals surface area contributed by atoms with E-state index in [9.17, 15) is 4.79 Å². The lowest BCUT2D eigenvalue weighted by Crippen LogP contribution is -2.31. The highest BCUT2D eigenvalue weighted by Crippen LogP contribution is 2.22. The van der Waals surface area contributed by atoms with Crippen molar-refractivity contribution < 1.29 is 9.53 Å². The molecule has 1 N–H and O–H groups in total. The maximum atomic E-state index is 12.5. The monoisotopic (exact) mass is 402 g/mol. The number of fused-ring (bicyclic) bond motifs is 1. The Kier molecular flexibility index (Phi) is 5.56. The summed E-state index contributed by atoms with van der Waals surface area (Å²) in [6.45, 7) is 2.41. The molecule has 0 aliphatic heterocycles. The van der Waals surface area contributed by atoms with Crippen molar-refractivity contribution in [2.75, 3.05) is 12.4 Å². The van der Waals surface area contributed by atoms with E-state index >= 15 is 0 Å². The molecule has 0 saturated heterocycles. The highest BCUT2D eigenvalue weighted by Gasteiger charge is 2.13. The normalized spacial score (nSPS) is 10.7. The Morgan fingerprint density at radius 2 is 2.03 bits per heavy atom. The van der Waals surface area contributed by atoms with Crippen LogP contribution in [0.4, 0.5) is 10.5 Å². The molecular weight excluding hydrogens is 380 g/mol. The molecule has 0 fully saturated rings. The predicted octanol–water partition coefficient (Wildman–Crippen LogP) is 4.14. The van der Waals surface area contributed by atoms with Crippen LogP contribution in [-0.4, -0.2) is 37.6 Å². The standard InChI is InChI=1S/C22H22N6O2/c1-3-16-7-6-8-18(13-16)30-21-11-10-17(14-23-21)24-22(29)27(2)15-20-26-25-19-9-4-5-12-28(19)20/h4-14H,3,15H2,1-2H3,(H,24,29). The molecule has 0 radical (unpaired) electrons. The molecule has 8 heteroatoms. The van der Waals surface area contributed by atoms with E-state index in [1.165, 1.54) is 10.5 Å². The van der Waals surface area contributed by atoms with Crippen molar-refractivity contribution in [3.63, 3.8) is 0 Å². The van der Waals surface area contributed by atoms with E-state index in [0.717, 1.165) is 17.8 Å². The number of anilines is 1. The Morgan fingerprint density at radius 3 is 2.83 bits per heavy atom. The molecule has 0 saturated carbocycles. The van der Waals surface area contributed by atoms with E-state index in [1.807, 2.05) is 47.0 Å². The van der Waals surface area contributed by atoms with E-state index < -0.39 is 0 Å². The summed E-state index contributed by atoms with van der Waals surface area (Å²) in [4.78, 5) is 18.3. The third kappa shape index (κ3) is 4.38. The number of amides is 2. The second-order valence-electron chi connectivity index (χ2n) is 6.82. The first kappa shape index (κ1) is 19.4. The van der Waals surface area contributed by atoms with Gasteiger partial charge in [0, 0.05) is 19.3 Å². The van der Waals surface area contributed by atoms with Crippen molar-refractivity contribution in [1.29, 1.82) is 0 Å². The number of carbonyl (C=O) groups is 1. The van der Waals surface area contributed by atoms with Gasteiger partial charge in [-0.1, -0.05) is 25.1 Å². The predicted molar refractivity (Wildman–Crippen MR) is 114 cm³/mol. The Hall–Kier alpha value is -3.94. The third-order valence-electron chi connectivity index (χ3n) is 4.63. The number of pyridine rings is 2. The summed E-state index contributed by atoms with van der Waals surface area (Å²) >= 11 is 0. The summed E-state index contributed by atoms with van der Waals surface area (Å²) in [5, 5.41) is 11.1. The van der Waals surface area contributed by atoms with Gasteiger partial charge in [0.25, 0.3) is 0 Å². The zero-order valence-electron chi connectivity index (χ0n) is 16.8. The summed E-state index contributed by atoms with van der Waals surface area (Å²) in [5.41, 5.74) is 2.51. The number of aryl methyl sites for hydroxylation is 1. The van der Waals surface area contributed by atoms with Crippen molar-refractivity contribution in [1.82, 2.24) is 24.5 Å². The number of rotatable bonds is 6. The molecule has 4 aromatic rings. The van der Waals surface area contributed by atoms with Gasteiger partial charge in [-0.25, -0.2) is 9.78 Å². The number of benzene rings is 1. The third-order valence-corrected chi connectivity index (χ3v) is 4.63. The zero-order valence-corrected chi connectivity index (χ0v) is 16.8. The van der Waals surface area contributed by atoms with E-state index in [4.69, 9.17) is 4.74 Å². The van der Waals surface area contributed by atoms with E-state index in [2.05, 4.69) is 33.5 Å². The van der Waals surface area contributed by atoms with Crippen molar-refractivity contribution in [3.05, 3.63) is 78.4 Å². The van der Waals surface area contributed by atoms with Crippen LogP contribution >= 0.6 is 0 Å². The van der Waals surface area contributed by atoms with Gasteiger partial charge in [-0.15, -0.1) is 10.2 Å². The second kappa shape index (κ2) is 8.60. The number of urea groups is 1. The fourth-order valence-corrected chi connectivity index (χ4v) is 2.97. The van der Waals surface area contributed by atoms with Gasteiger partial charge in [0.05, 0.1) is 18.4 Å². The molecule has 4 rings (SSSR count). The first-order valence-corrected chi connectivity index (χ1v) is 9.66. The highest BCUT2D eigenvalue weighted by molar-refractivity contribution is 5.88. The second-order valence-corrected chi connectivity index (χ2v) is 6.82. The van der Waals surface area contributed by atoms with Gasteiger partial charge in [0.2, 0.25) is 5.88 Å². The number of aromatic nitrogens is 4. The van der Waals surface area contributed by atoms with Crippen LogP contribution < -0.4 is 10.1 Å². The molecule has 0 atom stereocenters. The number of nitrogens with zero attached hydrogens (tertiary/aromatic N) is 5. The zero-order chi connectivity index (χ0) is 20.9. The van der Waals surface area contributed by atoms with E-state index in [1.54, 1.807) is 25.4 Å². The molecule has 0 unspecified atom stereocenters. The smallest absolute Gasteiger partial charge is 0.322 e. The Bertz CT molecular complexity index is 1160. The van der Waals surface area contributed by atoms with Crippen LogP contribution in [0.25, 0.3) is 5.65 Å². The van der Waals surface area contributed by atoms with Gasteiger partial charge >= 0.3 is 6.03 Å². The van der Waals surface area contributed by atoms with Crippen LogP contribution in [0.15, 0.2) is 67.0 Å². The van der Waals surface area contributed by atoms with Gasteiger partial charge in [-0.3, -0.25) is 4.40 Å². The molecule has 0 aliphatic rings. The maximum absolute atomic E-state index is 12.5. The number of ether oxygens (including phenoxy) is 1. The minimum Gasteiger partial charge on any atom is -0.439 e. The van der Waals surface area contributed by atoms with Crippen LogP contribution in [0, 0.1) is 0 Å². The van der Waals surface area contributed by atoms with Gasteiger partial charge in [0.1, 0.15) is 5.75 Å². The molecule has 0 bridgehead atoms. The minimum atomic E-state index is -0.270. The van der Waals surface area contributed by atoms with Crippen LogP contribution in [0.5, 0.6) is 11.6 Å². The molecule has 3 heterocycles. The first-order valence-electron chi connectivity index (χ1n) is 9.66. The van der Waals surface area contributed by atoms with Crippen molar-refractivity contribution in [2.24, 2.45) is 0 Å². The molecule has 3 aromatic heterocycles. The fourth-order valence-electron chi connectivity index (χ4n) is 2.97. The van der Waals surface area contributed by atoms with Crippen LogP contribution in [0.1, 0.15) is 18.3 Å². The van der Waals surface area contributed by atoms with Crippen molar-refractivity contribution in [3.8, 4) is 11.6 Å². The van der Waals surface area contributed by atoms with Gasteiger partial charge in [0.15, 0.2) is 11.5 Å². The first-order chi connectivity index (χ1) is 14.6. The molecule has 0 aliphatic carbocycles. The van der Waals surface area contributed by atoms with Crippen molar-refractivity contribution >= 4 is 17.4 Å². The number of hydrogen-bond donors (Lipinski definition) is 1. The maximum Gasteiger partial charge on any atom is 0.322 e. The molecular formula is C22H22N6O2. The lowest BCUT2D eigenvalue weighted by atomic mass is 10.2. The Morgan fingerprint density at radius 1 is 1.13 bits per heavy atom. The van der Waals surface area contributed by atoms with Gasteiger partial charge in [-0.05, 0) is 42.3 Å². The van der Waals surface area contributed by atoms with Crippen LogP contribution in [-0.2, 0) is 13.0 Å². The summed E-state index contributed by atoms with van der Waals surface area (Å²) in [6, 6.07) is 16.7. The van der Waals surface area contributed by atoms with Gasteiger partial charge < -0.3 is 15.0 Å². The molecule has 152 valence electrons. The lowest BCUT2D eigenvalue weighted by molar-refractivity contribution is 0.219. The summed E-state index contributed by atoms with van der Waals surface area (Å²) in [5.74, 6) is 1.88. The Balaban J connectivity index is 1.37. The highest BCUT2D eigenvalue weighted by atomic mass is 16.5. The van der Waals surface area contributed by atoms with E-state index in [-0.39, 0.29) is 6.03 Å². The lowest BCUT2D eigenvalue weighted by Gasteiger charge is -2.17. The average molecular weight is 402 g/mol. The number of carbonyl (C=O) groups excluding carboxylic acids is 1.